The summed E-state index contributed by atoms with van der Waals surface area (Å²) in [6.07, 6.45) is 4.95. The van der Waals surface area contributed by atoms with E-state index in [1.165, 1.54) is 0 Å². The van der Waals surface area contributed by atoms with E-state index in [0.29, 0.717) is 21.7 Å². The van der Waals surface area contributed by atoms with Gasteiger partial charge in [0.15, 0.2) is 5.76 Å². The fourth-order valence-corrected chi connectivity index (χ4v) is 3.54. The van der Waals surface area contributed by atoms with Crippen LogP contribution in [0.25, 0.3) is 32.8 Å². The van der Waals surface area contributed by atoms with Crippen LogP contribution in [0.4, 0.5) is 5.69 Å². The molecule has 0 saturated heterocycles. The molecule has 0 fully saturated rings. The zero-order valence-corrected chi connectivity index (χ0v) is 13.1. The van der Waals surface area contributed by atoms with Gasteiger partial charge >= 0.3 is 5.97 Å². The summed E-state index contributed by atoms with van der Waals surface area (Å²) in [5, 5.41) is 9.98. The Morgan fingerprint density at radius 1 is 1.29 bits per heavy atom. The number of aromatic carboxylic acids is 1. The van der Waals surface area contributed by atoms with Crippen molar-refractivity contribution >= 4 is 33.2 Å². The molecule has 4 aromatic heterocycles. The number of pyridine rings is 2. The minimum Gasteiger partial charge on any atom is -0.477 e. The van der Waals surface area contributed by atoms with Crippen LogP contribution >= 0.6 is 11.3 Å². The Kier molecular flexibility index (Phi) is 3.28. The van der Waals surface area contributed by atoms with Gasteiger partial charge in [0.05, 0.1) is 12.0 Å². The number of carboxylic acid groups (broad SMARTS) is 1. The summed E-state index contributed by atoms with van der Waals surface area (Å²) in [4.78, 5) is 20.7. The van der Waals surface area contributed by atoms with E-state index in [4.69, 9.17) is 10.2 Å². The first-order valence-corrected chi connectivity index (χ1v) is 7.87. The van der Waals surface area contributed by atoms with Crippen molar-refractivity contribution in [3.63, 3.8) is 0 Å². The van der Waals surface area contributed by atoms with Gasteiger partial charge in [0.1, 0.15) is 15.4 Å². The highest BCUT2D eigenvalue weighted by atomic mass is 32.1. The maximum atomic E-state index is 11.4. The Balaban J connectivity index is 2.08. The normalized spacial score (nSPS) is 11.0. The molecule has 0 aliphatic rings. The second-order valence-corrected chi connectivity index (χ2v) is 6.10. The van der Waals surface area contributed by atoms with Gasteiger partial charge < -0.3 is 15.3 Å². The van der Waals surface area contributed by atoms with E-state index in [0.717, 1.165) is 22.5 Å². The second kappa shape index (κ2) is 5.47. The molecule has 0 bridgehead atoms. The van der Waals surface area contributed by atoms with Gasteiger partial charge in [-0.2, -0.15) is 0 Å². The summed E-state index contributed by atoms with van der Waals surface area (Å²) in [5.41, 5.74) is 8.54. The number of fused-ring (bicyclic) bond motifs is 1. The molecule has 0 atom stereocenters. The second-order valence-electron chi connectivity index (χ2n) is 5.10. The minimum atomic E-state index is -1.06. The number of nitrogens with zero attached hydrogens (tertiary/aromatic N) is 2. The number of rotatable bonds is 3. The van der Waals surface area contributed by atoms with Crippen molar-refractivity contribution in [1.82, 2.24) is 9.97 Å². The van der Waals surface area contributed by atoms with Crippen LogP contribution < -0.4 is 5.73 Å². The first kappa shape index (κ1) is 14.4. The molecule has 0 amide bonds. The summed E-state index contributed by atoms with van der Waals surface area (Å²) in [6.45, 7) is 0. The van der Waals surface area contributed by atoms with E-state index < -0.39 is 5.97 Å². The Bertz CT molecular complexity index is 1040. The highest BCUT2D eigenvalue weighted by Crippen LogP contribution is 2.41. The van der Waals surface area contributed by atoms with Crippen LogP contribution in [0.5, 0.6) is 0 Å². The van der Waals surface area contributed by atoms with Gasteiger partial charge in [0, 0.05) is 23.3 Å². The van der Waals surface area contributed by atoms with E-state index in [1.807, 2.05) is 18.2 Å². The van der Waals surface area contributed by atoms with Crippen LogP contribution in [0.3, 0.4) is 0 Å². The highest BCUT2D eigenvalue weighted by molar-refractivity contribution is 7.21. The Morgan fingerprint density at radius 3 is 2.83 bits per heavy atom. The van der Waals surface area contributed by atoms with Gasteiger partial charge in [-0.15, -0.1) is 11.3 Å². The lowest BCUT2D eigenvalue weighted by molar-refractivity contribution is 0.0703. The standard InChI is InChI=1S/C17H11N3O3S/c18-14-13-10(9-3-1-5-19-8-9)7-11(12-4-2-6-23-12)20-16(13)24-15(14)17(21)22/h1-8H,18H2,(H,21,22). The van der Waals surface area contributed by atoms with E-state index in [-0.39, 0.29) is 10.6 Å². The van der Waals surface area contributed by atoms with Crippen LogP contribution in [-0.2, 0) is 0 Å². The van der Waals surface area contributed by atoms with Crippen LogP contribution in [0.2, 0.25) is 0 Å². The lowest BCUT2D eigenvalue weighted by Crippen LogP contribution is -1.97. The number of nitrogens with two attached hydrogens (primary N) is 1. The molecule has 0 unspecified atom stereocenters. The Labute approximate surface area is 140 Å². The van der Waals surface area contributed by atoms with Crippen molar-refractivity contribution in [2.75, 3.05) is 5.73 Å². The number of hydrogen-bond donors (Lipinski definition) is 2. The van der Waals surface area contributed by atoms with Crippen molar-refractivity contribution < 1.29 is 14.3 Å². The van der Waals surface area contributed by atoms with Crippen LogP contribution in [0.1, 0.15) is 9.67 Å². The van der Waals surface area contributed by atoms with Gasteiger partial charge in [-0.3, -0.25) is 4.98 Å². The zero-order chi connectivity index (χ0) is 16.7. The average molecular weight is 337 g/mol. The van der Waals surface area contributed by atoms with Crippen LogP contribution in [0.15, 0.2) is 53.4 Å². The van der Waals surface area contributed by atoms with E-state index >= 15 is 0 Å². The predicted molar refractivity (Wildman–Crippen MR) is 91.9 cm³/mol. The van der Waals surface area contributed by atoms with Crippen molar-refractivity contribution in [3.8, 4) is 22.6 Å². The largest absolute Gasteiger partial charge is 0.477 e. The molecule has 0 aromatic carbocycles. The van der Waals surface area contributed by atoms with E-state index in [2.05, 4.69) is 9.97 Å². The maximum Gasteiger partial charge on any atom is 0.348 e. The van der Waals surface area contributed by atoms with E-state index in [1.54, 1.807) is 30.8 Å². The third-order valence-electron chi connectivity index (χ3n) is 3.64. The van der Waals surface area contributed by atoms with Crippen molar-refractivity contribution in [1.29, 1.82) is 0 Å². The number of hydrogen-bond acceptors (Lipinski definition) is 6. The molecule has 3 N–H and O–H groups in total. The summed E-state index contributed by atoms with van der Waals surface area (Å²) < 4.78 is 5.42. The lowest BCUT2D eigenvalue weighted by Gasteiger charge is -2.07. The van der Waals surface area contributed by atoms with Crippen molar-refractivity contribution in [2.45, 2.75) is 0 Å². The number of aromatic nitrogens is 2. The quantitative estimate of drug-likeness (QED) is 0.588. The summed E-state index contributed by atoms with van der Waals surface area (Å²) in [7, 11) is 0. The summed E-state index contributed by atoms with van der Waals surface area (Å²) in [6, 6.07) is 9.12. The molecule has 7 heteroatoms. The number of nitrogen functional groups attached to an aromatic ring is 1. The van der Waals surface area contributed by atoms with E-state index in [9.17, 15) is 9.90 Å². The molecule has 0 saturated carbocycles. The van der Waals surface area contributed by atoms with Gasteiger partial charge in [0.2, 0.25) is 0 Å². The molecule has 24 heavy (non-hydrogen) atoms. The maximum absolute atomic E-state index is 11.4. The van der Waals surface area contributed by atoms with Gasteiger partial charge in [-0.1, -0.05) is 6.07 Å². The van der Waals surface area contributed by atoms with Gasteiger partial charge in [-0.05, 0) is 29.8 Å². The Hall–Kier alpha value is -3.19. The summed E-state index contributed by atoms with van der Waals surface area (Å²) in [5.74, 6) is -0.460. The van der Waals surface area contributed by atoms with Crippen molar-refractivity contribution in [2.24, 2.45) is 0 Å². The number of carboxylic acids is 1. The Morgan fingerprint density at radius 2 is 2.17 bits per heavy atom. The fourth-order valence-electron chi connectivity index (χ4n) is 2.58. The molecule has 4 aromatic rings. The molecule has 4 rings (SSSR count). The number of carbonyl (C=O) groups is 1. The molecule has 0 aliphatic heterocycles. The monoisotopic (exact) mass is 337 g/mol. The zero-order valence-electron chi connectivity index (χ0n) is 12.3. The number of anilines is 1. The smallest absolute Gasteiger partial charge is 0.348 e. The first-order valence-electron chi connectivity index (χ1n) is 7.05. The SMILES string of the molecule is Nc1c(C(=O)O)sc2nc(-c3ccco3)cc(-c3cccnc3)c12. The highest BCUT2D eigenvalue weighted by Gasteiger charge is 2.21. The van der Waals surface area contributed by atoms with Crippen LogP contribution in [-0.4, -0.2) is 21.0 Å². The predicted octanol–water partition coefficient (Wildman–Crippen LogP) is 3.90. The average Bonchev–Trinajstić information content (AvgIpc) is 3.23. The molecule has 118 valence electrons. The topological polar surface area (TPSA) is 102 Å². The number of furan rings is 1. The van der Waals surface area contributed by atoms with Gasteiger partial charge in [0.25, 0.3) is 0 Å². The van der Waals surface area contributed by atoms with Crippen molar-refractivity contribution in [3.05, 3.63) is 53.9 Å². The van der Waals surface area contributed by atoms with Crippen LogP contribution in [0, 0.1) is 0 Å². The number of thiophene rings is 1. The first-order chi connectivity index (χ1) is 11.6. The lowest BCUT2D eigenvalue weighted by atomic mass is 10.0. The molecular weight excluding hydrogens is 326 g/mol. The molecule has 4 heterocycles. The minimum absolute atomic E-state index is 0.0826. The molecular formula is C17H11N3O3S. The molecule has 0 aliphatic carbocycles. The molecule has 0 spiro atoms. The molecule has 6 nitrogen and oxygen atoms in total. The fraction of sp³-hybridized carbons (Fsp3) is 0. The third kappa shape index (κ3) is 2.22. The third-order valence-corrected chi connectivity index (χ3v) is 4.73. The molecule has 0 radical (unpaired) electrons. The van der Waals surface area contributed by atoms with Gasteiger partial charge in [-0.25, -0.2) is 9.78 Å². The summed E-state index contributed by atoms with van der Waals surface area (Å²) >= 11 is 1.05.